The molecule has 1 aromatic carbocycles. The number of benzene rings is 1. The predicted molar refractivity (Wildman–Crippen MR) is 91.8 cm³/mol. The molecule has 0 spiro atoms. The summed E-state index contributed by atoms with van der Waals surface area (Å²) in [5, 5.41) is 0. The molecule has 2 rings (SSSR count). The van der Waals surface area contributed by atoms with Crippen LogP contribution in [0.3, 0.4) is 0 Å². The van der Waals surface area contributed by atoms with Gasteiger partial charge < -0.3 is 14.4 Å². The molecule has 1 fully saturated rings. The molecule has 0 aliphatic carbocycles. The molecule has 1 aliphatic heterocycles. The van der Waals surface area contributed by atoms with Crippen molar-refractivity contribution in [2.75, 3.05) is 13.2 Å². The first-order chi connectivity index (χ1) is 11.4. The Labute approximate surface area is 143 Å². The van der Waals surface area contributed by atoms with Gasteiger partial charge in [0.2, 0.25) is 5.91 Å². The van der Waals surface area contributed by atoms with Crippen LogP contribution in [-0.4, -0.2) is 36.3 Å². The van der Waals surface area contributed by atoms with Crippen molar-refractivity contribution < 1.29 is 19.1 Å². The smallest absolute Gasteiger partial charge is 0.435 e. The van der Waals surface area contributed by atoms with E-state index in [9.17, 15) is 9.59 Å². The molecule has 0 N–H and O–H groups in total. The van der Waals surface area contributed by atoms with E-state index in [-0.39, 0.29) is 12.5 Å². The maximum atomic E-state index is 12.8. The maximum Gasteiger partial charge on any atom is 0.510 e. The van der Waals surface area contributed by atoms with E-state index in [0.717, 1.165) is 24.0 Å². The van der Waals surface area contributed by atoms with Gasteiger partial charge in [-0.2, -0.15) is 0 Å². The van der Waals surface area contributed by atoms with Gasteiger partial charge in [-0.3, -0.25) is 4.79 Å². The number of piperidine rings is 1. The van der Waals surface area contributed by atoms with Crippen molar-refractivity contribution in [1.82, 2.24) is 4.90 Å². The summed E-state index contributed by atoms with van der Waals surface area (Å²) in [6.07, 6.45) is 1.64. The minimum atomic E-state index is -0.704. The summed E-state index contributed by atoms with van der Waals surface area (Å²) < 4.78 is 10.2. The molecule has 0 bridgehead atoms. The van der Waals surface area contributed by atoms with Crippen LogP contribution in [0.4, 0.5) is 4.79 Å². The van der Waals surface area contributed by atoms with Gasteiger partial charge in [-0.25, -0.2) is 4.79 Å². The number of amides is 1. The van der Waals surface area contributed by atoms with Crippen LogP contribution in [0.25, 0.3) is 0 Å². The molecule has 1 amide bonds. The lowest BCUT2D eigenvalue weighted by molar-refractivity contribution is -0.145. The average Bonchev–Trinajstić information content (AvgIpc) is 2.53. The Kier molecular flexibility index (Phi) is 6.23. The fraction of sp³-hybridized carbons (Fsp3) is 0.579. The summed E-state index contributed by atoms with van der Waals surface area (Å²) in [6.45, 7) is 8.76. The number of hydrogen-bond acceptors (Lipinski definition) is 4. The van der Waals surface area contributed by atoms with Gasteiger partial charge in [-0.1, -0.05) is 12.1 Å². The highest BCUT2D eigenvalue weighted by Crippen LogP contribution is 2.22. The SMILES string of the molecule is CCOC(=O)OC1CCCCN1C(=O)Cc1cc(C)c(C)cc1C. The Morgan fingerprint density at radius 1 is 1.12 bits per heavy atom. The molecule has 132 valence electrons. The van der Waals surface area contributed by atoms with Crippen LogP contribution in [0.15, 0.2) is 12.1 Å². The lowest BCUT2D eigenvalue weighted by Gasteiger charge is -2.34. The number of carbonyl (C=O) groups is 2. The summed E-state index contributed by atoms with van der Waals surface area (Å²) in [4.78, 5) is 26.0. The fourth-order valence-corrected chi connectivity index (χ4v) is 3.05. The number of aryl methyl sites for hydroxylation is 3. The predicted octanol–water partition coefficient (Wildman–Crippen LogP) is 3.67. The number of hydrogen-bond donors (Lipinski definition) is 0. The monoisotopic (exact) mass is 333 g/mol. The summed E-state index contributed by atoms with van der Waals surface area (Å²) >= 11 is 0. The zero-order chi connectivity index (χ0) is 17.7. The molecular weight excluding hydrogens is 306 g/mol. The molecule has 1 aliphatic rings. The van der Waals surface area contributed by atoms with Gasteiger partial charge in [0.1, 0.15) is 0 Å². The zero-order valence-electron chi connectivity index (χ0n) is 15.1. The number of rotatable bonds is 4. The Morgan fingerprint density at radius 3 is 2.54 bits per heavy atom. The van der Waals surface area contributed by atoms with Gasteiger partial charge in [0.15, 0.2) is 6.23 Å². The van der Waals surface area contributed by atoms with E-state index < -0.39 is 12.4 Å². The molecule has 5 nitrogen and oxygen atoms in total. The average molecular weight is 333 g/mol. The molecule has 1 unspecified atom stereocenters. The van der Waals surface area contributed by atoms with Gasteiger partial charge >= 0.3 is 6.16 Å². The Bertz CT molecular complexity index is 612. The second-order valence-electron chi connectivity index (χ2n) is 6.38. The minimum absolute atomic E-state index is 0.00430. The molecule has 1 atom stereocenters. The van der Waals surface area contributed by atoms with Crippen LogP contribution in [-0.2, 0) is 20.7 Å². The molecule has 1 saturated heterocycles. The van der Waals surface area contributed by atoms with Crippen LogP contribution in [0, 0.1) is 20.8 Å². The number of nitrogens with zero attached hydrogens (tertiary/aromatic N) is 1. The van der Waals surface area contributed by atoms with Gasteiger partial charge in [-0.05, 0) is 62.8 Å². The molecular formula is C19H27NO4. The molecule has 5 heteroatoms. The van der Waals surface area contributed by atoms with Gasteiger partial charge in [0.05, 0.1) is 13.0 Å². The van der Waals surface area contributed by atoms with Crippen molar-refractivity contribution in [3.05, 3.63) is 34.4 Å². The highest BCUT2D eigenvalue weighted by atomic mass is 16.7. The van der Waals surface area contributed by atoms with Crippen molar-refractivity contribution in [3.8, 4) is 0 Å². The quantitative estimate of drug-likeness (QED) is 0.789. The largest absolute Gasteiger partial charge is 0.510 e. The lowest BCUT2D eigenvalue weighted by atomic mass is 9.98. The second kappa shape index (κ2) is 8.18. The Morgan fingerprint density at radius 2 is 1.83 bits per heavy atom. The van der Waals surface area contributed by atoms with Crippen LogP contribution < -0.4 is 0 Å². The molecule has 0 aromatic heterocycles. The van der Waals surface area contributed by atoms with Crippen molar-refractivity contribution >= 4 is 12.1 Å². The van der Waals surface area contributed by atoms with E-state index in [2.05, 4.69) is 26.0 Å². The van der Waals surface area contributed by atoms with Crippen LogP contribution in [0.1, 0.15) is 48.4 Å². The van der Waals surface area contributed by atoms with Crippen LogP contribution in [0.5, 0.6) is 0 Å². The van der Waals surface area contributed by atoms with Crippen molar-refractivity contribution in [3.63, 3.8) is 0 Å². The van der Waals surface area contributed by atoms with Crippen LogP contribution in [0.2, 0.25) is 0 Å². The third-order valence-electron chi connectivity index (χ3n) is 4.56. The summed E-state index contributed by atoms with van der Waals surface area (Å²) in [6, 6.07) is 4.19. The van der Waals surface area contributed by atoms with E-state index in [1.54, 1.807) is 11.8 Å². The number of likely N-dealkylation sites (tertiary alicyclic amines) is 1. The zero-order valence-corrected chi connectivity index (χ0v) is 15.1. The van der Waals surface area contributed by atoms with Crippen molar-refractivity contribution in [2.45, 2.75) is 59.6 Å². The summed E-state index contributed by atoms with van der Waals surface area (Å²) in [7, 11) is 0. The van der Waals surface area contributed by atoms with E-state index in [4.69, 9.17) is 9.47 Å². The minimum Gasteiger partial charge on any atom is -0.435 e. The first kappa shape index (κ1) is 18.3. The Balaban J connectivity index is 2.08. The van der Waals surface area contributed by atoms with E-state index in [1.165, 1.54) is 11.1 Å². The normalized spacial score (nSPS) is 17.5. The first-order valence-electron chi connectivity index (χ1n) is 8.62. The molecule has 0 radical (unpaired) electrons. The van der Waals surface area contributed by atoms with E-state index >= 15 is 0 Å². The van der Waals surface area contributed by atoms with E-state index in [0.29, 0.717) is 19.4 Å². The third kappa shape index (κ3) is 4.49. The third-order valence-corrected chi connectivity index (χ3v) is 4.56. The topological polar surface area (TPSA) is 55.8 Å². The lowest BCUT2D eigenvalue weighted by Crippen LogP contribution is -2.46. The van der Waals surface area contributed by atoms with Gasteiger partial charge in [0, 0.05) is 13.0 Å². The molecule has 24 heavy (non-hydrogen) atoms. The molecule has 0 saturated carbocycles. The number of carbonyl (C=O) groups excluding carboxylic acids is 2. The first-order valence-corrected chi connectivity index (χ1v) is 8.62. The van der Waals surface area contributed by atoms with Crippen molar-refractivity contribution in [2.24, 2.45) is 0 Å². The van der Waals surface area contributed by atoms with Gasteiger partial charge in [0.25, 0.3) is 0 Å². The maximum absolute atomic E-state index is 12.8. The molecule has 1 aromatic rings. The summed E-state index contributed by atoms with van der Waals surface area (Å²) in [5.41, 5.74) is 4.56. The highest BCUT2D eigenvalue weighted by molar-refractivity contribution is 5.79. The second-order valence-corrected chi connectivity index (χ2v) is 6.38. The fourth-order valence-electron chi connectivity index (χ4n) is 3.05. The van der Waals surface area contributed by atoms with Crippen LogP contribution >= 0.6 is 0 Å². The Hall–Kier alpha value is -2.04. The highest BCUT2D eigenvalue weighted by Gasteiger charge is 2.30. The summed E-state index contributed by atoms with van der Waals surface area (Å²) in [5.74, 6) is -0.00430. The number of ether oxygens (including phenoxy) is 2. The standard InChI is InChI=1S/C19H27NO4/c1-5-23-19(22)24-18-8-6-7-9-20(18)17(21)12-16-11-14(3)13(2)10-15(16)4/h10-11,18H,5-9,12H2,1-4H3. The van der Waals surface area contributed by atoms with E-state index in [1.807, 2.05) is 6.92 Å². The molecule has 1 heterocycles. The van der Waals surface area contributed by atoms with Gasteiger partial charge in [-0.15, -0.1) is 0 Å². The van der Waals surface area contributed by atoms with Crippen molar-refractivity contribution in [1.29, 1.82) is 0 Å².